The topological polar surface area (TPSA) is 60.2 Å². The second-order valence-electron chi connectivity index (χ2n) is 5.20. The second kappa shape index (κ2) is 4.66. The summed E-state index contributed by atoms with van der Waals surface area (Å²) in [5.74, 6) is 1.35. The second-order valence-corrected chi connectivity index (χ2v) is 5.20. The minimum absolute atomic E-state index is 0.139. The van der Waals surface area contributed by atoms with Crippen LogP contribution in [-0.4, -0.2) is 29.8 Å². The van der Waals surface area contributed by atoms with Crippen molar-refractivity contribution in [1.29, 1.82) is 0 Å². The molecule has 0 aliphatic carbocycles. The van der Waals surface area contributed by atoms with Crippen molar-refractivity contribution >= 4 is 22.1 Å². The number of fused-ring (bicyclic) bond motifs is 3. The third kappa shape index (κ3) is 2.03. The van der Waals surface area contributed by atoms with Gasteiger partial charge in [0.1, 0.15) is 28.8 Å². The maximum Gasteiger partial charge on any atom is 0.172 e. The SMILES string of the molecule is COc1ccc2oc3cnc([C@@H]4C[C@H](F)CN4)nc3c2c1. The number of hydrogen-bond acceptors (Lipinski definition) is 5. The van der Waals surface area contributed by atoms with Gasteiger partial charge < -0.3 is 14.5 Å². The zero-order valence-electron chi connectivity index (χ0n) is 11.5. The van der Waals surface area contributed by atoms with E-state index in [1.54, 1.807) is 13.3 Å². The van der Waals surface area contributed by atoms with Crippen LogP contribution >= 0.6 is 0 Å². The monoisotopic (exact) mass is 287 g/mol. The molecule has 6 heteroatoms. The van der Waals surface area contributed by atoms with Crippen LogP contribution in [-0.2, 0) is 0 Å². The van der Waals surface area contributed by atoms with E-state index in [0.717, 1.165) is 22.2 Å². The molecular weight excluding hydrogens is 273 g/mol. The molecule has 3 aromatic rings. The lowest BCUT2D eigenvalue weighted by Gasteiger charge is -2.07. The van der Waals surface area contributed by atoms with Crippen LogP contribution < -0.4 is 10.1 Å². The minimum atomic E-state index is -0.838. The minimum Gasteiger partial charge on any atom is -0.497 e. The number of halogens is 1. The van der Waals surface area contributed by atoms with Crippen LogP contribution in [0.1, 0.15) is 18.3 Å². The Hall–Kier alpha value is -2.21. The fourth-order valence-electron chi connectivity index (χ4n) is 2.74. The first kappa shape index (κ1) is 12.5. The van der Waals surface area contributed by atoms with Crippen molar-refractivity contribution in [2.24, 2.45) is 0 Å². The Morgan fingerprint density at radius 2 is 2.29 bits per heavy atom. The van der Waals surface area contributed by atoms with Gasteiger partial charge in [0.2, 0.25) is 0 Å². The number of benzene rings is 1. The normalized spacial score (nSPS) is 22.2. The molecule has 0 radical (unpaired) electrons. The number of alkyl halides is 1. The highest BCUT2D eigenvalue weighted by Gasteiger charge is 2.27. The Morgan fingerprint density at radius 3 is 3.05 bits per heavy atom. The summed E-state index contributed by atoms with van der Waals surface area (Å²) in [5.41, 5.74) is 2.09. The predicted octanol–water partition coefficient (Wildman–Crippen LogP) is 2.76. The number of aromatic nitrogens is 2. The molecule has 2 atom stereocenters. The number of rotatable bonds is 2. The number of hydrogen-bond donors (Lipinski definition) is 1. The molecule has 1 aliphatic heterocycles. The summed E-state index contributed by atoms with van der Waals surface area (Å²) in [5, 5.41) is 3.97. The summed E-state index contributed by atoms with van der Waals surface area (Å²) < 4.78 is 24.3. The van der Waals surface area contributed by atoms with Gasteiger partial charge in [0.15, 0.2) is 5.58 Å². The molecule has 1 aromatic carbocycles. The maximum absolute atomic E-state index is 13.3. The first-order valence-corrected chi connectivity index (χ1v) is 6.85. The van der Waals surface area contributed by atoms with E-state index in [-0.39, 0.29) is 6.04 Å². The molecule has 1 saturated heterocycles. The molecule has 3 heterocycles. The lowest BCUT2D eigenvalue weighted by molar-refractivity contribution is 0.355. The maximum atomic E-state index is 13.3. The van der Waals surface area contributed by atoms with Crippen LogP contribution in [0.15, 0.2) is 28.8 Å². The number of furan rings is 1. The lowest BCUT2D eigenvalue weighted by Crippen LogP contribution is -2.16. The van der Waals surface area contributed by atoms with Gasteiger partial charge >= 0.3 is 0 Å². The molecule has 4 rings (SSSR count). The van der Waals surface area contributed by atoms with Crippen molar-refractivity contribution in [3.8, 4) is 5.75 Å². The summed E-state index contributed by atoms with van der Waals surface area (Å²) in [7, 11) is 1.62. The zero-order chi connectivity index (χ0) is 14.4. The number of nitrogens with one attached hydrogen (secondary N) is 1. The van der Waals surface area contributed by atoms with E-state index in [0.29, 0.717) is 24.4 Å². The van der Waals surface area contributed by atoms with Gasteiger partial charge in [-0.25, -0.2) is 14.4 Å². The van der Waals surface area contributed by atoms with Crippen LogP contribution in [0.2, 0.25) is 0 Å². The van der Waals surface area contributed by atoms with Crippen molar-refractivity contribution in [2.75, 3.05) is 13.7 Å². The summed E-state index contributed by atoms with van der Waals surface area (Å²) in [4.78, 5) is 8.86. The molecule has 1 fully saturated rings. The first-order valence-electron chi connectivity index (χ1n) is 6.85. The van der Waals surface area contributed by atoms with E-state index >= 15 is 0 Å². The lowest BCUT2D eigenvalue weighted by atomic mass is 10.2. The molecule has 21 heavy (non-hydrogen) atoms. The molecule has 0 amide bonds. The highest BCUT2D eigenvalue weighted by Crippen LogP contribution is 2.31. The molecule has 5 nitrogen and oxygen atoms in total. The van der Waals surface area contributed by atoms with Gasteiger partial charge in [0.05, 0.1) is 24.7 Å². The Balaban J connectivity index is 1.86. The molecule has 0 saturated carbocycles. The van der Waals surface area contributed by atoms with E-state index < -0.39 is 6.17 Å². The smallest absolute Gasteiger partial charge is 0.172 e. The molecule has 1 N–H and O–H groups in total. The largest absolute Gasteiger partial charge is 0.497 e. The quantitative estimate of drug-likeness (QED) is 0.785. The number of methoxy groups -OCH3 is 1. The van der Waals surface area contributed by atoms with Gasteiger partial charge in [-0.2, -0.15) is 0 Å². The van der Waals surface area contributed by atoms with Crippen LogP contribution in [0.4, 0.5) is 4.39 Å². The Bertz CT molecular complexity index is 817. The fraction of sp³-hybridized carbons (Fsp3) is 0.333. The number of nitrogens with zero attached hydrogens (tertiary/aromatic N) is 2. The molecule has 0 bridgehead atoms. The third-order valence-corrected chi connectivity index (χ3v) is 3.82. The van der Waals surface area contributed by atoms with E-state index in [9.17, 15) is 4.39 Å². The summed E-state index contributed by atoms with van der Waals surface area (Å²) >= 11 is 0. The van der Waals surface area contributed by atoms with Crippen LogP contribution in [0.5, 0.6) is 5.75 Å². The standard InChI is InChI=1S/C15H14FN3O2/c1-20-9-2-3-12-10(5-9)14-13(21-12)7-18-15(19-14)11-4-8(16)6-17-11/h2-3,5,7-8,11,17H,4,6H2,1H3/t8-,11-/m0/s1. The number of ether oxygens (including phenoxy) is 1. The summed E-state index contributed by atoms with van der Waals surface area (Å²) in [6.45, 7) is 0.353. The van der Waals surface area contributed by atoms with Crippen LogP contribution in [0.25, 0.3) is 22.1 Å². The van der Waals surface area contributed by atoms with Crippen molar-refractivity contribution in [3.05, 3.63) is 30.2 Å². The zero-order valence-corrected chi connectivity index (χ0v) is 11.5. The van der Waals surface area contributed by atoms with E-state index in [2.05, 4.69) is 15.3 Å². The average molecular weight is 287 g/mol. The van der Waals surface area contributed by atoms with Gasteiger partial charge in [-0.05, 0) is 18.2 Å². The van der Waals surface area contributed by atoms with Gasteiger partial charge in [-0.15, -0.1) is 0 Å². The van der Waals surface area contributed by atoms with E-state index in [4.69, 9.17) is 9.15 Å². The van der Waals surface area contributed by atoms with E-state index in [1.165, 1.54) is 0 Å². The van der Waals surface area contributed by atoms with Crippen LogP contribution in [0, 0.1) is 0 Å². The van der Waals surface area contributed by atoms with Crippen molar-refractivity contribution in [1.82, 2.24) is 15.3 Å². The molecule has 0 spiro atoms. The Labute approximate surface area is 120 Å². The van der Waals surface area contributed by atoms with Crippen LogP contribution in [0.3, 0.4) is 0 Å². The van der Waals surface area contributed by atoms with Crippen molar-refractivity contribution in [2.45, 2.75) is 18.6 Å². The molecule has 1 aliphatic rings. The highest BCUT2D eigenvalue weighted by atomic mass is 19.1. The fourth-order valence-corrected chi connectivity index (χ4v) is 2.74. The molecular formula is C15H14FN3O2. The van der Waals surface area contributed by atoms with Gasteiger partial charge in [0, 0.05) is 13.0 Å². The van der Waals surface area contributed by atoms with Crippen molar-refractivity contribution < 1.29 is 13.5 Å². The summed E-state index contributed by atoms with van der Waals surface area (Å²) in [6.07, 6.45) is 1.22. The summed E-state index contributed by atoms with van der Waals surface area (Å²) in [6, 6.07) is 5.43. The van der Waals surface area contributed by atoms with E-state index in [1.807, 2.05) is 18.2 Å². The van der Waals surface area contributed by atoms with Gasteiger partial charge in [0.25, 0.3) is 0 Å². The first-order chi connectivity index (χ1) is 10.2. The molecule has 0 unspecified atom stereocenters. The average Bonchev–Trinajstić information content (AvgIpc) is 3.09. The van der Waals surface area contributed by atoms with Gasteiger partial charge in [-0.3, -0.25) is 0 Å². The third-order valence-electron chi connectivity index (χ3n) is 3.82. The predicted molar refractivity (Wildman–Crippen MR) is 76.1 cm³/mol. The molecule has 108 valence electrons. The highest BCUT2D eigenvalue weighted by molar-refractivity contribution is 6.02. The van der Waals surface area contributed by atoms with Crippen molar-refractivity contribution in [3.63, 3.8) is 0 Å². The molecule has 2 aromatic heterocycles. The van der Waals surface area contributed by atoms with Gasteiger partial charge in [-0.1, -0.05) is 0 Å². The Kier molecular flexibility index (Phi) is 2.78. The Morgan fingerprint density at radius 1 is 1.38 bits per heavy atom.